The number of ether oxygens (including phenoxy) is 1. The first-order valence-electron chi connectivity index (χ1n) is 11.5. The number of aromatic nitrogens is 4. The Bertz CT molecular complexity index is 1380. The third-order valence-electron chi connectivity index (χ3n) is 6.03. The van der Waals surface area contributed by atoms with Crippen LogP contribution in [0.25, 0.3) is 11.2 Å². The summed E-state index contributed by atoms with van der Waals surface area (Å²) < 4.78 is 7.09. The zero-order valence-electron chi connectivity index (χ0n) is 19.4. The van der Waals surface area contributed by atoms with Gasteiger partial charge in [0.05, 0.1) is 19.4 Å². The van der Waals surface area contributed by atoms with Gasteiger partial charge in [0.25, 0.3) is 0 Å². The molecular weight excluding hydrogens is 464 g/mol. The van der Waals surface area contributed by atoms with Gasteiger partial charge in [-0.1, -0.05) is 24.3 Å². The lowest BCUT2D eigenvalue weighted by molar-refractivity contribution is -0.115. The number of benzene rings is 2. The topological polar surface area (TPSA) is 155 Å². The van der Waals surface area contributed by atoms with Crippen LogP contribution in [0.4, 0.5) is 17.2 Å². The molecule has 2 aromatic carbocycles. The van der Waals surface area contributed by atoms with E-state index in [1.54, 1.807) is 0 Å². The summed E-state index contributed by atoms with van der Waals surface area (Å²) >= 11 is 0. The summed E-state index contributed by atoms with van der Waals surface area (Å²) in [6.07, 6.45) is -1.29. The van der Waals surface area contributed by atoms with E-state index in [0.29, 0.717) is 17.0 Å². The van der Waals surface area contributed by atoms with Gasteiger partial charge in [-0.2, -0.15) is 0 Å². The van der Waals surface area contributed by atoms with Crippen LogP contribution in [0.5, 0.6) is 0 Å². The van der Waals surface area contributed by atoms with E-state index < -0.39 is 31.1 Å². The largest absolute Gasteiger partial charge is 0.394 e. The van der Waals surface area contributed by atoms with Crippen molar-refractivity contribution in [2.45, 2.75) is 37.9 Å². The highest BCUT2D eigenvalue weighted by Gasteiger charge is 2.44. The number of aliphatic hydroxyl groups is 3. The third kappa shape index (κ3) is 4.77. The molecule has 11 heteroatoms. The SMILES string of the molecule is Cc1cccc(NC(=O)Cc2ccc(Nc3ncnc4c3ncn4C3O[C@H](CO)[C@@H](O)[C@H]3O)cc2)c1. The van der Waals surface area contributed by atoms with Gasteiger partial charge in [-0.25, -0.2) is 15.0 Å². The van der Waals surface area contributed by atoms with Crippen molar-refractivity contribution in [1.29, 1.82) is 0 Å². The van der Waals surface area contributed by atoms with Crippen molar-refractivity contribution in [2.75, 3.05) is 17.2 Å². The lowest BCUT2D eigenvalue weighted by atomic mass is 10.1. The van der Waals surface area contributed by atoms with Gasteiger partial charge in [0.2, 0.25) is 5.91 Å². The molecule has 0 saturated carbocycles. The number of rotatable bonds is 7. The van der Waals surface area contributed by atoms with Gasteiger partial charge in [-0.05, 0) is 42.3 Å². The second-order valence-corrected chi connectivity index (χ2v) is 8.69. The Labute approximate surface area is 206 Å². The van der Waals surface area contributed by atoms with Gasteiger partial charge in [0, 0.05) is 11.4 Å². The molecule has 0 aliphatic carbocycles. The fourth-order valence-corrected chi connectivity index (χ4v) is 4.20. The standard InChI is InChI=1S/C25H26N6O5/c1-14-3-2-4-17(9-14)29-19(33)10-15-5-7-16(8-6-15)30-23-20-24(27-12-26-23)31(13-28-20)25-22(35)21(34)18(11-32)36-25/h2-9,12-13,18,21-22,25,32,34-35H,10-11H2,1H3,(H,29,33)(H,26,27,30)/t18-,21-,22-,25?/m1/s1. The highest BCUT2D eigenvalue weighted by atomic mass is 16.6. The first kappa shape index (κ1) is 23.8. The van der Waals surface area contributed by atoms with Gasteiger partial charge in [0.1, 0.15) is 24.6 Å². The third-order valence-corrected chi connectivity index (χ3v) is 6.03. The second-order valence-electron chi connectivity index (χ2n) is 8.69. The average molecular weight is 491 g/mol. The van der Waals surface area contributed by atoms with Crippen LogP contribution in [0.3, 0.4) is 0 Å². The molecule has 2 aromatic heterocycles. The number of aliphatic hydroxyl groups excluding tert-OH is 3. The molecule has 4 aromatic rings. The fourth-order valence-electron chi connectivity index (χ4n) is 4.20. The van der Waals surface area contributed by atoms with E-state index in [4.69, 9.17) is 4.74 Å². The minimum atomic E-state index is -1.25. The van der Waals surface area contributed by atoms with Crippen molar-refractivity contribution < 1.29 is 24.9 Å². The van der Waals surface area contributed by atoms with Crippen molar-refractivity contribution in [3.05, 3.63) is 72.3 Å². The Kier molecular flexibility index (Phi) is 6.61. The van der Waals surface area contributed by atoms with Crippen LogP contribution in [-0.4, -0.2) is 65.7 Å². The van der Waals surface area contributed by atoms with Gasteiger partial charge in [-0.3, -0.25) is 9.36 Å². The summed E-state index contributed by atoms with van der Waals surface area (Å²) in [5, 5.41) is 35.9. The molecule has 1 saturated heterocycles. The summed E-state index contributed by atoms with van der Waals surface area (Å²) in [5.74, 6) is 0.338. The van der Waals surface area contributed by atoms with E-state index >= 15 is 0 Å². The van der Waals surface area contributed by atoms with Crippen LogP contribution in [0.15, 0.2) is 61.2 Å². The number of anilines is 3. The molecule has 5 N–H and O–H groups in total. The Hall–Kier alpha value is -3.90. The number of nitrogens with one attached hydrogen (secondary N) is 2. The van der Waals surface area contributed by atoms with Crippen LogP contribution >= 0.6 is 0 Å². The second kappa shape index (κ2) is 9.99. The molecule has 1 fully saturated rings. The van der Waals surface area contributed by atoms with Crippen LogP contribution in [0.1, 0.15) is 17.4 Å². The number of nitrogens with zero attached hydrogens (tertiary/aromatic N) is 4. The molecule has 0 radical (unpaired) electrons. The van der Waals surface area contributed by atoms with Gasteiger partial charge >= 0.3 is 0 Å². The maximum atomic E-state index is 12.4. The maximum Gasteiger partial charge on any atom is 0.228 e. The normalized spacial score (nSPS) is 21.6. The number of fused-ring (bicyclic) bond motifs is 1. The lowest BCUT2D eigenvalue weighted by Gasteiger charge is -2.16. The van der Waals surface area contributed by atoms with E-state index in [9.17, 15) is 20.1 Å². The van der Waals surface area contributed by atoms with Gasteiger partial charge in [0.15, 0.2) is 23.2 Å². The molecule has 3 heterocycles. The molecule has 1 aliphatic rings. The first-order chi connectivity index (χ1) is 17.4. The van der Waals surface area contributed by atoms with E-state index in [1.807, 2.05) is 55.5 Å². The van der Waals surface area contributed by atoms with E-state index in [2.05, 4.69) is 25.6 Å². The van der Waals surface area contributed by atoms with Gasteiger partial charge in [-0.15, -0.1) is 0 Å². The first-order valence-corrected chi connectivity index (χ1v) is 11.5. The van der Waals surface area contributed by atoms with Crippen LogP contribution in [0, 0.1) is 6.92 Å². The minimum absolute atomic E-state index is 0.103. The molecule has 4 atom stereocenters. The predicted molar refractivity (Wildman–Crippen MR) is 132 cm³/mol. The van der Waals surface area contributed by atoms with Crippen molar-refractivity contribution in [2.24, 2.45) is 0 Å². The zero-order valence-corrected chi connectivity index (χ0v) is 19.4. The number of aryl methyl sites for hydroxylation is 1. The van der Waals surface area contributed by atoms with Crippen molar-refractivity contribution in [3.8, 4) is 0 Å². The smallest absolute Gasteiger partial charge is 0.228 e. The number of amides is 1. The molecule has 0 spiro atoms. The molecule has 36 heavy (non-hydrogen) atoms. The summed E-state index contributed by atoms with van der Waals surface area (Å²) in [6, 6.07) is 15.0. The Balaban J connectivity index is 1.28. The monoisotopic (exact) mass is 490 g/mol. The van der Waals surface area contributed by atoms with E-state index in [1.165, 1.54) is 17.2 Å². The lowest BCUT2D eigenvalue weighted by Crippen LogP contribution is -2.33. The van der Waals surface area contributed by atoms with Crippen LogP contribution < -0.4 is 10.6 Å². The quantitative estimate of drug-likeness (QED) is 0.260. The zero-order chi connectivity index (χ0) is 25.2. The summed E-state index contributed by atoms with van der Waals surface area (Å²) in [7, 11) is 0. The molecule has 186 valence electrons. The van der Waals surface area contributed by atoms with Gasteiger partial charge < -0.3 is 30.7 Å². The highest BCUT2D eigenvalue weighted by molar-refractivity contribution is 5.92. The summed E-state index contributed by atoms with van der Waals surface area (Å²) in [4.78, 5) is 25.3. The number of carbonyl (C=O) groups is 1. The summed E-state index contributed by atoms with van der Waals surface area (Å²) in [6.45, 7) is 1.55. The number of hydrogen-bond acceptors (Lipinski definition) is 9. The number of carbonyl (C=O) groups excluding carboxylic acids is 1. The minimum Gasteiger partial charge on any atom is -0.394 e. The summed E-state index contributed by atoms with van der Waals surface area (Å²) in [5.41, 5.74) is 4.27. The van der Waals surface area contributed by atoms with Crippen LogP contribution in [-0.2, 0) is 16.0 Å². The molecular formula is C25H26N6O5. The van der Waals surface area contributed by atoms with E-state index in [-0.39, 0.29) is 12.3 Å². The van der Waals surface area contributed by atoms with Crippen molar-refractivity contribution in [1.82, 2.24) is 19.5 Å². The average Bonchev–Trinajstić information content (AvgIpc) is 3.41. The fraction of sp³-hybridized carbons (Fsp3) is 0.280. The van der Waals surface area contributed by atoms with E-state index in [0.717, 1.165) is 22.5 Å². The Morgan fingerprint density at radius 3 is 2.58 bits per heavy atom. The molecule has 0 bridgehead atoms. The van der Waals surface area contributed by atoms with Crippen molar-refractivity contribution in [3.63, 3.8) is 0 Å². The molecule has 11 nitrogen and oxygen atoms in total. The van der Waals surface area contributed by atoms with Crippen molar-refractivity contribution >= 4 is 34.3 Å². The Morgan fingerprint density at radius 1 is 1.06 bits per heavy atom. The number of hydrogen-bond donors (Lipinski definition) is 5. The molecule has 1 amide bonds. The van der Waals surface area contributed by atoms with Crippen LogP contribution in [0.2, 0.25) is 0 Å². The highest BCUT2D eigenvalue weighted by Crippen LogP contribution is 2.32. The predicted octanol–water partition coefficient (Wildman–Crippen LogP) is 1.67. The molecule has 5 rings (SSSR count). The number of imidazole rings is 1. The maximum absolute atomic E-state index is 12.4. The molecule has 1 aliphatic heterocycles. The molecule has 1 unspecified atom stereocenters. The Morgan fingerprint density at radius 2 is 1.86 bits per heavy atom.